The largest absolute Gasteiger partial charge is 0.419 e. The van der Waals surface area contributed by atoms with Crippen molar-refractivity contribution in [2.24, 2.45) is 0 Å². The summed E-state index contributed by atoms with van der Waals surface area (Å²) in [7, 11) is 0. The van der Waals surface area contributed by atoms with Gasteiger partial charge in [-0.3, -0.25) is 4.98 Å². The monoisotopic (exact) mass is 257 g/mol. The summed E-state index contributed by atoms with van der Waals surface area (Å²) in [5.74, 6) is 0.711. The number of hydrogen-bond acceptors (Lipinski definition) is 4. The Morgan fingerprint density at radius 2 is 2.06 bits per heavy atom. The van der Waals surface area contributed by atoms with Crippen molar-refractivity contribution in [3.63, 3.8) is 0 Å². The van der Waals surface area contributed by atoms with Gasteiger partial charge in [0.2, 0.25) is 0 Å². The van der Waals surface area contributed by atoms with Gasteiger partial charge in [0.05, 0.1) is 24.2 Å². The second kappa shape index (κ2) is 4.63. The Hall–Kier alpha value is -2.12. The Balaban J connectivity index is 2.31. The van der Waals surface area contributed by atoms with Crippen molar-refractivity contribution in [3.8, 4) is 5.82 Å². The van der Waals surface area contributed by atoms with Crippen molar-refractivity contribution in [2.45, 2.75) is 13.1 Å². The van der Waals surface area contributed by atoms with Crippen LogP contribution in [0.15, 0.2) is 24.8 Å². The predicted octanol–water partition coefficient (Wildman–Crippen LogP) is 2.11. The van der Waals surface area contributed by atoms with E-state index in [1.54, 1.807) is 0 Å². The molecule has 0 saturated carbocycles. The summed E-state index contributed by atoms with van der Waals surface area (Å²) in [6.45, 7) is 2.52. The number of halogens is 3. The van der Waals surface area contributed by atoms with Crippen LogP contribution in [-0.4, -0.2) is 26.3 Å². The van der Waals surface area contributed by atoms with Crippen LogP contribution in [0, 0.1) is 0 Å². The fraction of sp³-hybridized carbons (Fsp3) is 0.300. The zero-order valence-electron chi connectivity index (χ0n) is 9.44. The lowest BCUT2D eigenvalue weighted by molar-refractivity contribution is -0.137. The molecule has 0 spiro atoms. The van der Waals surface area contributed by atoms with Gasteiger partial charge >= 0.3 is 6.18 Å². The van der Waals surface area contributed by atoms with E-state index in [0.717, 1.165) is 17.1 Å². The van der Waals surface area contributed by atoms with E-state index in [1.807, 2.05) is 6.92 Å². The van der Waals surface area contributed by atoms with Crippen molar-refractivity contribution in [2.75, 3.05) is 11.9 Å². The maximum atomic E-state index is 12.4. The van der Waals surface area contributed by atoms with Crippen LogP contribution in [0.2, 0.25) is 0 Å². The molecular weight excluding hydrogens is 247 g/mol. The van der Waals surface area contributed by atoms with Gasteiger partial charge < -0.3 is 5.32 Å². The van der Waals surface area contributed by atoms with Gasteiger partial charge in [0.1, 0.15) is 5.82 Å². The highest BCUT2D eigenvalue weighted by Gasteiger charge is 2.32. The molecular formula is C10H10F3N5. The Labute approximate surface area is 101 Å². The molecule has 0 radical (unpaired) electrons. The zero-order valence-corrected chi connectivity index (χ0v) is 9.44. The second-order valence-electron chi connectivity index (χ2n) is 3.46. The lowest BCUT2D eigenvalue weighted by Gasteiger charge is -2.04. The van der Waals surface area contributed by atoms with E-state index in [4.69, 9.17) is 0 Å². The lowest BCUT2D eigenvalue weighted by Crippen LogP contribution is -2.05. The minimum absolute atomic E-state index is 0.226. The standard InChI is InChI=1S/C10H10F3N5/c1-2-15-8-4-14-5-9(17-8)18-6-7(3-16-18)10(11,12)13/h3-6H,2H2,1H3,(H,15,17). The molecule has 2 aromatic rings. The molecule has 0 aromatic carbocycles. The molecule has 0 aliphatic heterocycles. The summed E-state index contributed by atoms with van der Waals surface area (Å²) in [6.07, 6.45) is 0.0431. The van der Waals surface area contributed by atoms with Crippen LogP contribution in [0.25, 0.3) is 5.82 Å². The maximum Gasteiger partial charge on any atom is 0.419 e. The molecule has 0 unspecified atom stereocenters. The van der Waals surface area contributed by atoms with Crippen LogP contribution in [-0.2, 0) is 6.18 Å². The quantitative estimate of drug-likeness (QED) is 0.915. The van der Waals surface area contributed by atoms with E-state index in [2.05, 4.69) is 20.4 Å². The molecule has 0 bridgehead atoms. The van der Waals surface area contributed by atoms with Crippen molar-refractivity contribution in [3.05, 3.63) is 30.4 Å². The number of hydrogen-bond donors (Lipinski definition) is 1. The molecule has 0 aliphatic rings. The molecule has 0 saturated heterocycles. The van der Waals surface area contributed by atoms with Crippen LogP contribution in [0.1, 0.15) is 12.5 Å². The number of rotatable bonds is 3. The van der Waals surface area contributed by atoms with Crippen molar-refractivity contribution in [1.82, 2.24) is 19.7 Å². The molecule has 2 rings (SSSR count). The van der Waals surface area contributed by atoms with Crippen LogP contribution < -0.4 is 5.32 Å². The number of anilines is 1. The smallest absolute Gasteiger partial charge is 0.369 e. The number of alkyl halides is 3. The molecule has 18 heavy (non-hydrogen) atoms. The van der Waals surface area contributed by atoms with E-state index < -0.39 is 11.7 Å². The van der Waals surface area contributed by atoms with Gasteiger partial charge in [-0.05, 0) is 6.92 Å². The molecule has 0 amide bonds. The van der Waals surface area contributed by atoms with E-state index >= 15 is 0 Å². The number of aromatic nitrogens is 4. The van der Waals surface area contributed by atoms with Gasteiger partial charge in [-0.2, -0.15) is 18.3 Å². The predicted molar refractivity (Wildman–Crippen MR) is 58.3 cm³/mol. The molecule has 8 heteroatoms. The van der Waals surface area contributed by atoms with Crippen molar-refractivity contribution < 1.29 is 13.2 Å². The average Bonchev–Trinajstić information content (AvgIpc) is 2.78. The van der Waals surface area contributed by atoms with Crippen LogP contribution in [0.5, 0.6) is 0 Å². The van der Waals surface area contributed by atoms with E-state index in [-0.39, 0.29) is 5.82 Å². The third-order valence-electron chi connectivity index (χ3n) is 2.12. The Morgan fingerprint density at radius 1 is 1.28 bits per heavy atom. The fourth-order valence-electron chi connectivity index (χ4n) is 1.33. The lowest BCUT2D eigenvalue weighted by atomic mass is 10.4. The molecule has 0 atom stereocenters. The Kier molecular flexibility index (Phi) is 3.17. The van der Waals surface area contributed by atoms with Gasteiger partial charge in [-0.1, -0.05) is 0 Å². The Bertz CT molecular complexity index is 534. The summed E-state index contributed by atoms with van der Waals surface area (Å²) in [5.41, 5.74) is -0.821. The molecule has 0 aliphatic carbocycles. The summed E-state index contributed by atoms with van der Waals surface area (Å²) in [5, 5.41) is 6.54. The van der Waals surface area contributed by atoms with Gasteiger partial charge in [0.15, 0.2) is 5.82 Å². The molecule has 96 valence electrons. The van der Waals surface area contributed by atoms with Crippen LogP contribution in [0.4, 0.5) is 19.0 Å². The SMILES string of the molecule is CCNc1cncc(-n2cc(C(F)(F)F)cn2)n1. The van der Waals surface area contributed by atoms with Gasteiger partial charge in [0.25, 0.3) is 0 Å². The summed E-state index contributed by atoms with van der Waals surface area (Å²) in [4.78, 5) is 7.97. The van der Waals surface area contributed by atoms with Gasteiger partial charge in [-0.15, -0.1) is 0 Å². The molecule has 0 fully saturated rings. The summed E-state index contributed by atoms with van der Waals surface area (Å²) in [6, 6.07) is 0. The number of nitrogens with one attached hydrogen (secondary N) is 1. The minimum atomic E-state index is -4.41. The summed E-state index contributed by atoms with van der Waals surface area (Å²) >= 11 is 0. The normalized spacial score (nSPS) is 11.6. The van der Waals surface area contributed by atoms with E-state index in [1.165, 1.54) is 12.4 Å². The van der Waals surface area contributed by atoms with Crippen molar-refractivity contribution >= 4 is 5.82 Å². The second-order valence-corrected chi connectivity index (χ2v) is 3.46. The van der Waals surface area contributed by atoms with Gasteiger partial charge in [-0.25, -0.2) is 9.67 Å². The third-order valence-corrected chi connectivity index (χ3v) is 2.12. The molecule has 2 heterocycles. The van der Waals surface area contributed by atoms with Crippen LogP contribution in [0.3, 0.4) is 0 Å². The first-order chi connectivity index (χ1) is 8.50. The van der Waals surface area contributed by atoms with Crippen molar-refractivity contribution in [1.29, 1.82) is 0 Å². The summed E-state index contributed by atoms with van der Waals surface area (Å²) < 4.78 is 38.3. The first-order valence-corrected chi connectivity index (χ1v) is 5.19. The molecule has 2 aromatic heterocycles. The highest BCUT2D eigenvalue weighted by molar-refractivity contribution is 5.35. The first kappa shape index (κ1) is 12.3. The van der Waals surface area contributed by atoms with Gasteiger partial charge in [0, 0.05) is 12.7 Å². The highest BCUT2D eigenvalue weighted by atomic mass is 19.4. The molecule has 5 nitrogen and oxygen atoms in total. The first-order valence-electron chi connectivity index (χ1n) is 5.19. The maximum absolute atomic E-state index is 12.4. The fourth-order valence-corrected chi connectivity index (χ4v) is 1.33. The third kappa shape index (κ3) is 2.58. The van der Waals surface area contributed by atoms with Crippen LogP contribution >= 0.6 is 0 Å². The zero-order chi connectivity index (χ0) is 13.2. The number of nitrogens with zero attached hydrogens (tertiary/aromatic N) is 4. The van der Waals surface area contributed by atoms with E-state index in [0.29, 0.717) is 12.4 Å². The van der Waals surface area contributed by atoms with E-state index in [9.17, 15) is 13.2 Å². The highest BCUT2D eigenvalue weighted by Crippen LogP contribution is 2.28. The average molecular weight is 257 g/mol. The Morgan fingerprint density at radius 3 is 2.67 bits per heavy atom. The molecule has 1 N–H and O–H groups in total. The minimum Gasteiger partial charge on any atom is -0.369 e. The topological polar surface area (TPSA) is 55.6 Å².